The van der Waals surface area contributed by atoms with Crippen molar-refractivity contribution in [1.82, 2.24) is 5.32 Å². The van der Waals surface area contributed by atoms with Gasteiger partial charge in [-0.2, -0.15) is 0 Å². The molecule has 2 amide bonds. The van der Waals surface area contributed by atoms with Crippen LogP contribution in [0.1, 0.15) is 34.6 Å². The highest BCUT2D eigenvalue weighted by Gasteiger charge is 2.18. The van der Waals surface area contributed by atoms with Crippen LogP contribution in [0.25, 0.3) is 0 Å². The number of hydrogen-bond acceptors (Lipinski definition) is 5. The maximum atomic E-state index is 12.3. The van der Waals surface area contributed by atoms with Gasteiger partial charge < -0.3 is 15.4 Å². The molecule has 0 aliphatic rings. The van der Waals surface area contributed by atoms with Crippen molar-refractivity contribution in [2.75, 3.05) is 12.4 Å². The standard InChI is InChI=1S/C17H17ClN2O4S/c1-10(21)19-13(11-3-5-12(18)6-4-11)9-15(22)20-16-8-7-14(25-16)17(23)24-2/h3-8,13H,9H2,1-2H3,(H,19,21)(H,20,22)/t13-/m1/s1. The number of benzene rings is 1. The van der Waals surface area contributed by atoms with Crippen LogP contribution in [0.2, 0.25) is 5.02 Å². The number of halogens is 1. The van der Waals surface area contributed by atoms with Crippen molar-refractivity contribution in [1.29, 1.82) is 0 Å². The quantitative estimate of drug-likeness (QED) is 0.752. The molecular formula is C17H17ClN2O4S. The van der Waals surface area contributed by atoms with Crippen LogP contribution in [0, 0.1) is 0 Å². The number of carbonyl (C=O) groups is 3. The summed E-state index contributed by atoms with van der Waals surface area (Å²) in [5, 5.41) is 6.58. The summed E-state index contributed by atoms with van der Waals surface area (Å²) in [7, 11) is 1.30. The van der Waals surface area contributed by atoms with E-state index < -0.39 is 12.0 Å². The van der Waals surface area contributed by atoms with Crippen molar-refractivity contribution in [2.24, 2.45) is 0 Å². The molecule has 25 heavy (non-hydrogen) atoms. The monoisotopic (exact) mass is 380 g/mol. The Morgan fingerprint density at radius 2 is 1.84 bits per heavy atom. The molecule has 0 spiro atoms. The molecule has 0 saturated heterocycles. The van der Waals surface area contributed by atoms with Crippen molar-refractivity contribution in [3.05, 3.63) is 51.9 Å². The van der Waals surface area contributed by atoms with Gasteiger partial charge >= 0.3 is 5.97 Å². The summed E-state index contributed by atoms with van der Waals surface area (Å²) < 4.78 is 4.63. The number of thiophene rings is 1. The first-order valence-electron chi connectivity index (χ1n) is 7.39. The average Bonchev–Trinajstić information content (AvgIpc) is 3.02. The zero-order valence-electron chi connectivity index (χ0n) is 13.7. The number of anilines is 1. The summed E-state index contributed by atoms with van der Waals surface area (Å²) >= 11 is 6.99. The lowest BCUT2D eigenvalue weighted by molar-refractivity contribution is -0.120. The first kappa shape index (κ1) is 19.0. The number of rotatable bonds is 6. The first-order valence-corrected chi connectivity index (χ1v) is 8.59. The van der Waals surface area contributed by atoms with Gasteiger partial charge in [0.15, 0.2) is 0 Å². The molecule has 0 unspecified atom stereocenters. The number of carbonyl (C=O) groups excluding carboxylic acids is 3. The van der Waals surface area contributed by atoms with Crippen LogP contribution in [-0.2, 0) is 14.3 Å². The summed E-state index contributed by atoms with van der Waals surface area (Å²) in [6.45, 7) is 1.39. The molecule has 0 radical (unpaired) electrons. The normalized spacial score (nSPS) is 11.5. The SMILES string of the molecule is COC(=O)c1ccc(NC(=O)C[C@@H](NC(C)=O)c2ccc(Cl)cc2)s1. The molecule has 1 aromatic heterocycles. The largest absolute Gasteiger partial charge is 0.465 e. The van der Waals surface area contributed by atoms with E-state index >= 15 is 0 Å². The zero-order chi connectivity index (χ0) is 18.4. The van der Waals surface area contributed by atoms with E-state index in [0.717, 1.165) is 16.9 Å². The van der Waals surface area contributed by atoms with Crippen molar-refractivity contribution in [3.63, 3.8) is 0 Å². The topological polar surface area (TPSA) is 84.5 Å². The van der Waals surface area contributed by atoms with Gasteiger partial charge in [0.2, 0.25) is 11.8 Å². The molecule has 0 bridgehead atoms. The molecule has 0 aliphatic carbocycles. The maximum Gasteiger partial charge on any atom is 0.348 e. The lowest BCUT2D eigenvalue weighted by atomic mass is 10.0. The van der Waals surface area contributed by atoms with Crippen molar-refractivity contribution in [3.8, 4) is 0 Å². The summed E-state index contributed by atoms with van der Waals surface area (Å²) in [6, 6.07) is 9.65. The van der Waals surface area contributed by atoms with Crippen LogP contribution in [-0.4, -0.2) is 24.9 Å². The highest BCUT2D eigenvalue weighted by molar-refractivity contribution is 7.18. The van der Waals surface area contributed by atoms with Gasteiger partial charge in [0.05, 0.1) is 24.6 Å². The van der Waals surface area contributed by atoms with Gasteiger partial charge in [0.25, 0.3) is 0 Å². The maximum absolute atomic E-state index is 12.3. The van der Waals surface area contributed by atoms with E-state index in [1.54, 1.807) is 36.4 Å². The Kier molecular flexibility index (Phi) is 6.55. The van der Waals surface area contributed by atoms with Crippen molar-refractivity contribution >= 4 is 45.7 Å². The number of ether oxygens (including phenoxy) is 1. The van der Waals surface area contributed by atoms with Crippen LogP contribution in [0.4, 0.5) is 5.00 Å². The predicted molar refractivity (Wildman–Crippen MR) is 96.9 cm³/mol. The van der Waals surface area contributed by atoms with E-state index in [1.165, 1.54) is 14.0 Å². The van der Waals surface area contributed by atoms with Crippen LogP contribution in [0.5, 0.6) is 0 Å². The number of amides is 2. The van der Waals surface area contributed by atoms with Gasteiger partial charge in [-0.1, -0.05) is 23.7 Å². The minimum absolute atomic E-state index is 0.0483. The molecule has 1 heterocycles. The molecule has 0 fully saturated rings. The molecule has 8 heteroatoms. The molecule has 0 saturated carbocycles. The van der Waals surface area contributed by atoms with E-state index in [0.29, 0.717) is 14.9 Å². The van der Waals surface area contributed by atoms with Gasteiger partial charge in [-0.3, -0.25) is 9.59 Å². The minimum atomic E-state index is -0.477. The molecule has 2 rings (SSSR count). The zero-order valence-corrected chi connectivity index (χ0v) is 15.2. The van der Waals surface area contributed by atoms with Crippen molar-refractivity contribution in [2.45, 2.75) is 19.4 Å². The second kappa shape index (κ2) is 8.64. The predicted octanol–water partition coefficient (Wildman–Crippen LogP) is 3.39. The smallest absolute Gasteiger partial charge is 0.348 e. The van der Waals surface area contributed by atoms with Gasteiger partial charge in [0.1, 0.15) is 4.88 Å². The number of nitrogens with one attached hydrogen (secondary N) is 2. The number of hydrogen-bond donors (Lipinski definition) is 2. The molecule has 1 atom stereocenters. The Morgan fingerprint density at radius 3 is 2.44 bits per heavy atom. The van der Waals surface area contributed by atoms with Crippen LogP contribution in [0.3, 0.4) is 0 Å². The fourth-order valence-electron chi connectivity index (χ4n) is 2.18. The van der Waals surface area contributed by atoms with E-state index in [2.05, 4.69) is 15.4 Å². The van der Waals surface area contributed by atoms with E-state index in [-0.39, 0.29) is 18.2 Å². The van der Waals surface area contributed by atoms with Crippen LogP contribution in [0.15, 0.2) is 36.4 Å². The summed E-state index contributed by atoms with van der Waals surface area (Å²) in [4.78, 5) is 35.6. The fourth-order valence-corrected chi connectivity index (χ4v) is 3.15. The van der Waals surface area contributed by atoms with Crippen LogP contribution >= 0.6 is 22.9 Å². The Morgan fingerprint density at radius 1 is 1.16 bits per heavy atom. The van der Waals surface area contributed by atoms with Gasteiger partial charge in [-0.15, -0.1) is 11.3 Å². The third-order valence-electron chi connectivity index (χ3n) is 3.29. The summed E-state index contributed by atoms with van der Waals surface area (Å²) in [5.41, 5.74) is 0.774. The average molecular weight is 381 g/mol. The number of esters is 1. The van der Waals surface area contributed by atoms with Crippen LogP contribution < -0.4 is 10.6 Å². The highest BCUT2D eigenvalue weighted by atomic mass is 35.5. The third-order valence-corrected chi connectivity index (χ3v) is 4.53. The number of methoxy groups -OCH3 is 1. The molecule has 2 aromatic rings. The molecule has 132 valence electrons. The molecule has 2 N–H and O–H groups in total. The molecule has 1 aromatic carbocycles. The van der Waals surface area contributed by atoms with Gasteiger partial charge in [0, 0.05) is 11.9 Å². The van der Waals surface area contributed by atoms with E-state index in [1.807, 2.05) is 0 Å². The van der Waals surface area contributed by atoms with Gasteiger partial charge in [-0.05, 0) is 29.8 Å². The van der Waals surface area contributed by atoms with Gasteiger partial charge in [-0.25, -0.2) is 4.79 Å². The molecule has 6 nitrogen and oxygen atoms in total. The Labute approximate surface area is 154 Å². The van der Waals surface area contributed by atoms with E-state index in [4.69, 9.17) is 11.6 Å². The van der Waals surface area contributed by atoms with E-state index in [9.17, 15) is 14.4 Å². The summed E-state index contributed by atoms with van der Waals surface area (Å²) in [5.74, 6) is -0.980. The highest BCUT2D eigenvalue weighted by Crippen LogP contribution is 2.24. The fraction of sp³-hybridized carbons (Fsp3) is 0.235. The Hall–Kier alpha value is -2.38. The van der Waals surface area contributed by atoms with Crippen molar-refractivity contribution < 1.29 is 19.1 Å². The molecule has 0 aliphatic heterocycles. The summed E-state index contributed by atoms with van der Waals surface area (Å²) in [6.07, 6.45) is 0.0483. The molecular weight excluding hydrogens is 364 g/mol. The Bertz CT molecular complexity index is 773. The second-order valence-electron chi connectivity index (χ2n) is 5.21. The lowest BCUT2D eigenvalue weighted by Crippen LogP contribution is -2.29. The second-order valence-corrected chi connectivity index (χ2v) is 6.73. The minimum Gasteiger partial charge on any atom is -0.465 e. The third kappa shape index (κ3) is 5.58. The lowest BCUT2D eigenvalue weighted by Gasteiger charge is -2.18. The first-order chi connectivity index (χ1) is 11.9. The Balaban J connectivity index is 2.06.